The van der Waals surface area contributed by atoms with Crippen LogP contribution in [0.25, 0.3) is 22.2 Å². The van der Waals surface area contributed by atoms with Crippen LogP contribution >= 0.6 is 0 Å². The average Bonchev–Trinajstić information content (AvgIpc) is 3.13. The standard InChI is InChI=1S/C21H15NO/c1-2-6-14(7-3-1)10-21-22-19-13-18-16(12-20(19)23-21)11-15-8-4-5-9-17(15)18/h1-9,12-13H,10-11H2. The zero-order valence-electron chi connectivity index (χ0n) is 12.6. The molecule has 1 aliphatic carbocycles. The maximum atomic E-state index is 5.98. The molecule has 110 valence electrons. The van der Waals surface area contributed by atoms with E-state index in [1.165, 1.54) is 27.8 Å². The van der Waals surface area contributed by atoms with Crippen LogP contribution < -0.4 is 0 Å². The summed E-state index contributed by atoms with van der Waals surface area (Å²) in [6, 6.07) is 23.2. The van der Waals surface area contributed by atoms with Crippen molar-refractivity contribution < 1.29 is 4.42 Å². The summed E-state index contributed by atoms with van der Waals surface area (Å²) in [5, 5.41) is 0. The number of nitrogens with zero attached hydrogens (tertiary/aromatic N) is 1. The van der Waals surface area contributed by atoms with E-state index in [4.69, 9.17) is 9.40 Å². The van der Waals surface area contributed by atoms with E-state index in [0.29, 0.717) is 0 Å². The molecule has 2 heteroatoms. The second-order valence-electron chi connectivity index (χ2n) is 6.08. The fourth-order valence-electron chi connectivity index (χ4n) is 3.45. The molecule has 1 aromatic heterocycles. The van der Waals surface area contributed by atoms with Gasteiger partial charge in [-0.3, -0.25) is 0 Å². The molecule has 3 aromatic carbocycles. The Hall–Kier alpha value is -2.87. The minimum Gasteiger partial charge on any atom is -0.440 e. The molecule has 1 heterocycles. The third kappa shape index (κ3) is 2.07. The fourth-order valence-corrected chi connectivity index (χ4v) is 3.45. The van der Waals surface area contributed by atoms with Crippen molar-refractivity contribution in [2.75, 3.05) is 0 Å². The quantitative estimate of drug-likeness (QED) is 0.459. The highest BCUT2D eigenvalue weighted by Gasteiger charge is 2.20. The van der Waals surface area contributed by atoms with Crippen molar-refractivity contribution >= 4 is 11.1 Å². The second kappa shape index (κ2) is 4.82. The lowest BCUT2D eigenvalue weighted by atomic mass is 10.1. The Morgan fingerprint density at radius 2 is 1.65 bits per heavy atom. The summed E-state index contributed by atoms with van der Waals surface area (Å²) in [5.74, 6) is 0.781. The van der Waals surface area contributed by atoms with Crippen molar-refractivity contribution in [1.82, 2.24) is 4.98 Å². The van der Waals surface area contributed by atoms with E-state index in [1.807, 2.05) is 18.2 Å². The van der Waals surface area contributed by atoms with Crippen molar-refractivity contribution in [3.63, 3.8) is 0 Å². The van der Waals surface area contributed by atoms with Gasteiger partial charge in [-0.1, -0.05) is 54.6 Å². The smallest absolute Gasteiger partial charge is 0.199 e. The molecule has 4 aromatic rings. The molecule has 0 saturated carbocycles. The van der Waals surface area contributed by atoms with Crippen molar-refractivity contribution in [3.8, 4) is 11.1 Å². The number of hydrogen-bond donors (Lipinski definition) is 0. The van der Waals surface area contributed by atoms with E-state index in [0.717, 1.165) is 29.8 Å². The largest absolute Gasteiger partial charge is 0.440 e. The first-order chi connectivity index (χ1) is 11.4. The van der Waals surface area contributed by atoms with Crippen LogP contribution in [0.2, 0.25) is 0 Å². The lowest BCUT2D eigenvalue weighted by molar-refractivity contribution is 0.544. The molecule has 0 bridgehead atoms. The van der Waals surface area contributed by atoms with Gasteiger partial charge in [-0.15, -0.1) is 0 Å². The van der Waals surface area contributed by atoms with Gasteiger partial charge >= 0.3 is 0 Å². The number of fused-ring (bicyclic) bond motifs is 4. The molecule has 0 N–H and O–H groups in total. The Morgan fingerprint density at radius 3 is 2.57 bits per heavy atom. The van der Waals surface area contributed by atoms with Crippen LogP contribution in [0.5, 0.6) is 0 Å². The molecule has 0 fully saturated rings. The summed E-state index contributed by atoms with van der Waals surface area (Å²) >= 11 is 0. The SMILES string of the molecule is c1ccc(Cc2nc3cc4c(cc3o2)Cc2ccccc2-4)cc1. The van der Waals surface area contributed by atoms with Crippen LogP contribution in [0.15, 0.2) is 71.1 Å². The van der Waals surface area contributed by atoms with Crippen molar-refractivity contribution in [3.05, 3.63) is 89.3 Å². The predicted molar refractivity (Wildman–Crippen MR) is 91.5 cm³/mol. The first kappa shape index (κ1) is 12.7. The number of aromatic nitrogens is 1. The maximum Gasteiger partial charge on any atom is 0.199 e. The highest BCUT2D eigenvalue weighted by atomic mass is 16.3. The molecule has 2 nitrogen and oxygen atoms in total. The van der Waals surface area contributed by atoms with Crippen LogP contribution in [-0.2, 0) is 12.8 Å². The van der Waals surface area contributed by atoms with Gasteiger partial charge in [0.15, 0.2) is 11.5 Å². The normalized spacial score (nSPS) is 12.3. The zero-order valence-corrected chi connectivity index (χ0v) is 12.6. The summed E-state index contributed by atoms with van der Waals surface area (Å²) in [7, 11) is 0. The van der Waals surface area contributed by atoms with Gasteiger partial charge in [0.25, 0.3) is 0 Å². The topological polar surface area (TPSA) is 26.0 Å². The van der Waals surface area contributed by atoms with Gasteiger partial charge in [-0.05, 0) is 46.4 Å². The van der Waals surface area contributed by atoms with Crippen LogP contribution in [-0.4, -0.2) is 4.98 Å². The number of benzene rings is 3. The Labute approximate surface area is 134 Å². The Bertz CT molecular complexity index is 1010. The molecular weight excluding hydrogens is 282 g/mol. The van der Waals surface area contributed by atoms with Gasteiger partial charge in [-0.2, -0.15) is 0 Å². The molecule has 0 atom stereocenters. The minimum atomic E-state index is 0.733. The van der Waals surface area contributed by atoms with Crippen molar-refractivity contribution in [2.24, 2.45) is 0 Å². The number of rotatable bonds is 2. The molecule has 0 saturated heterocycles. The summed E-state index contributed by atoms with van der Waals surface area (Å²) in [4.78, 5) is 4.69. The van der Waals surface area contributed by atoms with Crippen LogP contribution in [0.4, 0.5) is 0 Å². The third-order valence-corrected chi connectivity index (χ3v) is 4.54. The highest BCUT2D eigenvalue weighted by molar-refractivity contribution is 5.87. The predicted octanol–water partition coefficient (Wildman–Crippen LogP) is 4.99. The summed E-state index contributed by atoms with van der Waals surface area (Å²) in [6.07, 6.45) is 1.72. The summed E-state index contributed by atoms with van der Waals surface area (Å²) < 4.78 is 5.98. The molecule has 5 rings (SSSR count). The van der Waals surface area contributed by atoms with Gasteiger partial charge in [0.1, 0.15) is 5.52 Å². The second-order valence-corrected chi connectivity index (χ2v) is 6.08. The number of oxazole rings is 1. The lowest BCUT2D eigenvalue weighted by Gasteiger charge is -1.99. The molecule has 0 amide bonds. The van der Waals surface area contributed by atoms with E-state index in [1.54, 1.807) is 0 Å². The minimum absolute atomic E-state index is 0.733. The third-order valence-electron chi connectivity index (χ3n) is 4.54. The monoisotopic (exact) mass is 297 g/mol. The molecule has 23 heavy (non-hydrogen) atoms. The molecule has 0 spiro atoms. The van der Waals surface area contributed by atoms with Gasteiger partial charge in [-0.25, -0.2) is 4.98 Å². The van der Waals surface area contributed by atoms with E-state index in [-0.39, 0.29) is 0 Å². The zero-order chi connectivity index (χ0) is 15.2. The van der Waals surface area contributed by atoms with Gasteiger partial charge in [0.05, 0.1) is 0 Å². The summed E-state index contributed by atoms with van der Waals surface area (Å²) in [6.45, 7) is 0. The Kier molecular flexibility index (Phi) is 2.65. The molecule has 0 aliphatic heterocycles. The van der Waals surface area contributed by atoms with Crippen molar-refractivity contribution in [2.45, 2.75) is 12.8 Å². The van der Waals surface area contributed by atoms with E-state index < -0.39 is 0 Å². The van der Waals surface area contributed by atoms with Crippen molar-refractivity contribution in [1.29, 1.82) is 0 Å². The number of hydrogen-bond acceptors (Lipinski definition) is 2. The van der Waals surface area contributed by atoms with Gasteiger partial charge in [0, 0.05) is 6.42 Å². The van der Waals surface area contributed by atoms with E-state index in [2.05, 4.69) is 48.5 Å². The molecular formula is C21H15NO. The first-order valence-corrected chi connectivity index (χ1v) is 7.91. The molecule has 0 radical (unpaired) electrons. The molecule has 0 unspecified atom stereocenters. The Balaban J connectivity index is 1.58. The summed E-state index contributed by atoms with van der Waals surface area (Å²) in [5.41, 5.74) is 8.41. The highest BCUT2D eigenvalue weighted by Crippen LogP contribution is 2.38. The Morgan fingerprint density at radius 1 is 0.826 bits per heavy atom. The van der Waals surface area contributed by atoms with Gasteiger partial charge in [0.2, 0.25) is 0 Å². The van der Waals surface area contributed by atoms with E-state index in [9.17, 15) is 0 Å². The lowest BCUT2D eigenvalue weighted by Crippen LogP contribution is -1.86. The first-order valence-electron chi connectivity index (χ1n) is 7.91. The average molecular weight is 297 g/mol. The van der Waals surface area contributed by atoms with Gasteiger partial charge < -0.3 is 4.42 Å². The molecule has 1 aliphatic rings. The van der Waals surface area contributed by atoms with Crippen LogP contribution in [0.1, 0.15) is 22.6 Å². The van der Waals surface area contributed by atoms with Crippen LogP contribution in [0, 0.1) is 0 Å². The fraction of sp³-hybridized carbons (Fsp3) is 0.0952. The van der Waals surface area contributed by atoms with E-state index >= 15 is 0 Å². The van der Waals surface area contributed by atoms with Crippen LogP contribution in [0.3, 0.4) is 0 Å². The maximum absolute atomic E-state index is 5.98.